The molecule has 0 N–H and O–H groups in total. The number of ether oxygens (including phenoxy) is 1. The molecule has 1 aromatic heterocycles. The number of carbonyl (C=O) groups excluding carboxylic acids is 1. The Balaban J connectivity index is 1.49. The van der Waals surface area contributed by atoms with Crippen molar-refractivity contribution < 1.29 is 18.3 Å². The fraction of sp³-hybridized carbons (Fsp3) is 0.435. The van der Waals surface area contributed by atoms with E-state index in [9.17, 15) is 13.6 Å². The maximum atomic E-state index is 14.6. The van der Waals surface area contributed by atoms with Gasteiger partial charge in [-0.15, -0.1) is 0 Å². The van der Waals surface area contributed by atoms with E-state index < -0.39 is 19.1 Å². The monoisotopic (exact) mass is 441 g/mol. The highest BCUT2D eigenvalue weighted by Crippen LogP contribution is 2.37. The second-order valence-electron chi connectivity index (χ2n) is 8.54. The van der Waals surface area contributed by atoms with Gasteiger partial charge in [-0.05, 0) is 38.3 Å². The minimum atomic E-state index is -3.10. The van der Waals surface area contributed by atoms with E-state index in [4.69, 9.17) is 4.74 Å². The molecule has 0 aliphatic carbocycles. The molecular weight excluding hydrogens is 416 g/mol. The summed E-state index contributed by atoms with van der Waals surface area (Å²) in [4.78, 5) is 26.9. The Kier molecular flexibility index (Phi) is 4.98. The molecule has 1 unspecified atom stereocenters. The molecule has 168 valence electrons. The highest BCUT2D eigenvalue weighted by Gasteiger charge is 2.40. The lowest BCUT2D eigenvalue weighted by Gasteiger charge is -2.29. The number of amidine groups is 1. The fourth-order valence-corrected chi connectivity index (χ4v) is 4.35. The van der Waals surface area contributed by atoms with Gasteiger partial charge in [-0.3, -0.25) is 9.79 Å². The van der Waals surface area contributed by atoms with E-state index in [1.54, 1.807) is 23.3 Å². The maximum Gasteiger partial charge on any atom is 0.298 e. The maximum absolute atomic E-state index is 14.6. The molecule has 1 amide bonds. The number of piperidine rings is 1. The van der Waals surface area contributed by atoms with Crippen molar-refractivity contribution in [3.05, 3.63) is 54.2 Å². The van der Waals surface area contributed by atoms with Crippen LogP contribution in [0.15, 0.2) is 53.6 Å². The summed E-state index contributed by atoms with van der Waals surface area (Å²) in [5.74, 6) is -2.17. The van der Waals surface area contributed by atoms with Crippen LogP contribution in [0.5, 0.6) is 5.75 Å². The van der Waals surface area contributed by atoms with Crippen LogP contribution in [0, 0.1) is 0 Å². The number of anilines is 1. The van der Waals surface area contributed by atoms with Crippen molar-refractivity contribution in [3.63, 3.8) is 0 Å². The number of nitrogens with zero attached hydrogens (tertiary/aromatic N) is 5. The zero-order valence-corrected chi connectivity index (χ0v) is 17.9. The van der Waals surface area contributed by atoms with Crippen LogP contribution in [0.25, 0.3) is 0 Å². The number of likely N-dealkylation sites (tertiary alicyclic amines) is 1. The van der Waals surface area contributed by atoms with Gasteiger partial charge in [0.15, 0.2) is 18.2 Å². The highest BCUT2D eigenvalue weighted by atomic mass is 19.3. The van der Waals surface area contributed by atoms with Crippen LogP contribution in [0.3, 0.4) is 0 Å². The number of pyridine rings is 1. The number of aromatic nitrogens is 1. The number of allylic oxidation sites excluding steroid dienone is 1. The Morgan fingerprint density at radius 3 is 2.84 bits per heavy atom. The van der Waals surface area contributed by atoms with Gasteiger partial charge in [-0.2, -0.15) is 0 Å². The summed E-state index contributed by atoms with van der Waals surface area (Å²) in [5, 5.41) is 0. The predicted octanol–water partition coefficient (Wildman–Crippen LogP) is 3.57. The largest absolute Gasteiger partial charge is 0.483 e. The number of fused-ring (bicyclic) bond motifs is 2. The van der Waals surface area contributed by atoms with E-state index in [0.717, 1.165) is 25.0 Å². The van der Waals surface area contributed by atoms with Crippen LogP contribution < -0.4 is 9.64 Å². The minimum Gasteiger partial charge on any atom is -0.483 e. The topological polar surface area (TPSA) is 61.3 Å². The minimum absolute atomic E-state index is 0.0760. The van der Waals surface area contributed by atoms with Gasteiger partial charge in [0.2, 0.25) is 0 Å². The number of carbonyl (C=O) groups is 1. The van der Waals surface area contributed by atoms with Crippen molar-refractivity contribution in [2.75, 3.05) is 31.1 Å². The molecule has 4 aliphatic rings. The van der Waals surface area contributed by atoms with Crippen LogP contribution >= 0.6 is 0 Å². The van der Waals surface area contributed by atoms with Crippen LogP contribution in [0.2, 0.25) is 0 Å². The van der Waals surface area contributed by atoms with Gasteiger partial charge in [0, 0.05) is 43.0 Å². The van der Waals surface area contributed by atoms with E-state index in [1.165, 1.54) is 17.2 Å². The average molecular weight is 441 g/mol. The zero-order valence-electron chi connectivity index (χ0n) is 17.9. The lowest BCUT2D eigenvalue weighted by Crippen LogP contribution is -2.39. The SMILES string of the molecule is C=C1C(C)N=C2C=C(N3CC(F)(F)COc4cc(C(=O)N5CCCCC5)cnc43)C=CN12. The van der Waals surface area contributed by atoms with Crippen LogP contribution in [0.1, 0.15) is 36.5 Å². The standard InChI is InChI=1S/C23H25F2N5O2/c1-15-16(2)29-9-6-18(11-20(29)27-15)30-13-23(24,25)14-32-19-10-17(12-26-21(19)30)22(31)28-7-4-3-5-8-28/h6,9-12,15H,2-5,7-8,13-14H2,1H3. The van der Waals surface area contributed by atoms with Gasteiger partial charge in [-0.1, -0.05) is 6.58 Å². The molecule has 0 aromatic carbocycles. The molecule has 0 radical (unpaired) electrons. The summed E-state index contributed by atoms with van der Waals surface area (Å²) < 4.78 is 34.7. The Hall–Kier alpha value is -3.23. The Bertz CT molecular complexity index is 1060. The second-order valence-corrected chi connectivity index (χ2v) is 8.54. The molecule has 7 nitrogen and oxygen atoms in total. The first-order chi connectivity index (χ1) is 15.3. The summed E-state index contributed by atoms with van der Waals surface area (Å²) >= 11 is 0. The van der Waals surface area contributed by atoms with Crippen LogP contribution in [-0.4, -0.2) is 64.7 Å². The van der Waals surface area contributed by atoms with Crippen LogP contribution in [-0.2, 0) is 0 Å². The van der Waals surface area contributed by atoms with E-state index in [0.29, 0.717) is 30.2 Å². The van der Waals surface area contributed by atoms with Crippen molar-refractivity contribution in [2.24, 2.45) is 4.99 Å². The Labute approximate surface area is 185 Å². The third-order valence-corrected chi connectivity index (χ3v) is 6.15. The number of aliphatic imine (C=N–C) groups is 1. The first-order valence-corrected chi connectivity index (χ1v) is 10.9. The predicted molar refractivity (Wildman–Crippen MR) is 117 cm³/mol. The second kappa shape index (κ2) is 7.72. The molecule has 1 saturated heterocycles. The van der Waals surface area contributed by atoms with E-state index in [1.807, 2.05) is 11.8 Å². The lowest BCUT2D eigenvalue weighted by molar-refractivity contribution is -0.0280. The fourth-order valence-electron chi connectivity index (χ4n) is 4.35. The number of alkyl halides is 2. The van der Waals surface area contributed by atoms with Gasteiger partial charge in [0.25, 0.3) is 11.8 Å². The van der Waals surface area contributed by atoms with Crippen LogP contribution in [0.4, 0.5) is 14.6 Å². The number of halogens is 2. The van der Waals surface area contributed by atoms with Gasteiger partial charge in [0.1, 0.15) is 5.84 Å². The highest BCUT2D eigenvalue weighted by molar-refractivity contribution is 6.00. The van der Waals surface area contributed by atoms with Gasteiger partial charge in [-0.25, -0.2) is 13.8 Å². The third kappa shape index (κ3) is 3.65. The van der Waals surface area contributed by atoms with Gasteiger partial charge >= 0.3 is 0 Å². The molecule has 5 rings (SSSR count). The molecule has 1 fully saturated rings. The lowest BCUT2D eigenvalue weighted by atomic mass is 10.1. The number of amides is 1. The molecule has 1 aromatic rings. The number of rotatable bonds is 2. The average Bonchev–Trinajstić information content (AvgIpc) is 3.00. The molecule has 5 heterocycles. The van der Waals surface area contributed by atoms with Crippen molar-refractivity contribution in [1.82, 2.24) is 14.8 Å². The molecule has 32 heavy (non-hydrogen) atoms. The number of hydrogen-bond donors (Lipinski definition) is 0. The van der Waals surface area contributed by atoms with E-state index >= 15 is 0 Å². The summed E-state index contributed by atoms with van der Waals surface area (Å²) in [6.07, 6.45) is 9.75. The Morgan fingerprint density at radius 1 is 1.28 bits per heavy atom. The normalized spacial score (nSPS) is 24.3. The summed E-state index contributed by atoms with van der Waals surface area (Å²) in [6, 6.07) is 1.46. The van der Waals surface area contributed by atoms with E-state index in [2.05, 4.69) is 16.6 Å². The summed E-state index contributed by atoms with van der Waals surface area (Å²) in [5.41, 5.74) is 1.70. The molecule has 0 bridgehead atoms. The van der Waals surface area contributed by atoms with E-state index in [-0.39, 0.29) is 23.5 Å². The Morgan fingerprint density at radius 2 is 2.06 bits per heavy atom. The molecule has 0 saturated carbocycles. The third-order valence-electron chi connectivity index (χ3n) is 6.15. The smallest absolute Gasteiger partial charge is 0.298 e. The summed E-state index contributed by atoms with van der Waals surface area (Å²) in [6.45, 7) is 5.98. The molecular formula is C23H25F2N5O2. The first kappa shape index (κ1) is 20.7. The van der Waals surface area contributed by atoms with Crippen molar-refractivity contribution in [3.8, 4) is 5.75 Å². The van der Waals surface area contributed by atoms with Gasteiger partial charge in [0.05, 0.1) is 18.2 Å². The molecule has 9 heteroatoms. The zero-order chi connectivity index (χ0) is 22.5. The van der Waals surface area contributed by atoms with Crippen molar-refractivity contribution >= 4 is 17.6 Å². The molecule has 4 aliphatic heterocycles. The summed E-state index contributed by atoms with van der Waals surface area (Å²) in [7, 11) is 0. The van der Waals surface area contributed by atoms with Crippen molar-refractivity contribution in [1.29, 1.82) is 0 Å². The molecule has 0 spiro atoms. The van der Waals surface area contributed by atoms with Crippen molar-refractivity contribution in [2.45, 2.75) is 38.2 Å². The number of hydrogen-bond acceptors (Lipinski definition) is 6. The van der Waals surface area contributed by atoms with Gasteiger partial charge < -0.3 is 19.4 Å². The molecule has 1 atom stereocenters. The first-order valence-electron chi connectivity index (χ1n) is 10.9. The quantitative estimate of drug-likeness (QED) is 0.702.